The Morgan fingerprint density at radius 3 is 2.41 bits per heavy atom. The fourth-order valence-corrected chi connectivity index (χ4v) is 1.70. The van der Waals surface area contributed by atoms with Crippen molar-refractivity contribution in [3.63, 3.8) is 0 Å². The maximum Gasteiger partial charge on any atom is 0.122 e. The molecule has 2 heteroatoms. The lowest BCUT2D eigenvalue weighted by molar-refractivity contribution is 0.0714. The molecule has 1 rings (SSSR count). The van der Waals surface area contributed by atoms with Crippen molar-refractivity contribution in [1.82, 2.24) is 0 Å². The molecule has 2 nitrogen and oxygen atoms in total. The van der Waals surface area contributed by atoms with E-state index in [2.05, 4.69) is 19.1 Å². The summed E-state index contributed by atoms with van der Waals surface area (Å²) in [6.45, 7) is 9.81. The van der Waals surface area contributed by atoms with E-state index in [1.54, 1.807) is 0 Å². The van der Waals surface area contributed by atoms with E-state index in [-0.39, 0.29) is 6.10 Å². The minimum Gasteiger partial charge on any atom is -0.491 e. The van der Waals surface area contributed by atoms with Crippen molar-refractivity contribution in [2.24, 2.45) is 0 Å². The van der Waals surface area contributed by atoms with E-state index in [0.29, 0.717) is 0 Å². The Balaban J connectivity index is 2.68. The van der Waals surface area contributed by atoms with Gasteiger partial charge in [0.15, 0.2) is 0 Å². The van der Waals surface area contributed by atoms with Crippen LogP contribution in [0.25, 0.3) is 0 Å². The summed E-state index contributed by atoms with van der Waals surface area (Å²) in [6, 6.07) is 6.24. The van der Waals surface area contributed by atoms with Gasteiger partial charge in [-0.2, -0.15) is 0 Å². The average Bonchev–Trinajstić information content (AvgIpc) is 2.17. The zero-order chi connectivity index (χ0) is 13.1. The Hall–Kier alpha value is -1.02. The second-order valence-corrected chi connectivity index (χ2v) is 5.58. The highest BCUT2D eigenvalue weighted by Crippen LogP contribution is 2.22. The Bertz CT molecular complexity index is 362. The summed E-state index contributed by atoms with van der Waals surface area (Å²) in [7, 11) is 0. The first-order valence-electron chi connectivity index (χ1n) is 6.26. The topological polar surface area (TPSA) is 29.5 Å². The molecule has 0 aromatic heterocycles. The van der Waals surface area contributed by atoms with Crippen molar-refractivity contribution in [2.45, 2.75) is 59.2 Å². The minimum atomic E-state index is -0.596. The van der Waals surface area contributed by atoms with E-state index >= 15 is 0 Å². The van der Waals surface area contributed by atoms with Crippen LogP contribution in [-0.2, 0) is 6.42 Å². The first-order valence-corrected chi connectivity index (χ1v) is 6.26. The summed E-state index contributed by atoms with van der Waals surface area (Å²) >= 11 is 0. The SMILES string of the molecule is Cc1cc(CCC(C)(C)O)ccc1OC(C)C. The quantitative estimate of drug-likeness (QED) is 0.848. The molecule has 17 heavy (non-hydrogen) atoms. The van der Waals surface area contributed by atoms with Crippen molar-refractivity contribution in [1.29, 1.82) is 0 Å². The van der Waals surface area contributed by atoms with Crippen LogP contribution in [0.5, 0.6) is 5.75 Å². The average molecular weight is 236 g/mol. The van der Waals surface area contributed by atoms with Gasteiger partial charge in [0, 0.05) is 0 Å². The molecular formula is C15H24O2. The maximum atomic E-state index is 9.70. The summed E-state index contributed by atoms with van der Waals surface area (Å²) in [4.78, 5) is 0. The predicted molar refractivity (Wildman–Crippen MR) is 71.6 cm³/mol. The van der Waals surface area contributed by atoms with Crippen molar-refractivity contribution >= 4 is 0 Å². The molecule has 0 aliphatic carbocycles. The largest absolute Gasteiger partial charge is 0.491 e. The van der Waals surface area contributed by atoms with Crippen molar-refractivity contribution in [3.05, 3.63) is 29.3 Å². The first kappa shape index (κ1) is 14.0. The second-order valence-electron chi connectivity index (χ2n) is 5.58. The minimum absolute atomic E-state index is 0.205. The van der Waals surface area contributed by atoms with Crippen LogP contribution in [0.15, 0.2) is 18.2 Å². The van der Waals surface area contributed by atoms with Gasteiger partial charge in [0.2, 0.25) is 0 Å². The van der Waals surface area contributed by atoms with Gasteiger partial charge >= 0.3 is 0 Å². The number of hydrogen-bond donors (Lipinski definition) is 1. The van der Waals surface area contributed by atoms with Gasteiger partial charge < -0.3 is 9.84 Å². The predicted octanol–water partition coefficient (Wildman–Crippen LogP) is 3.49. The monoisotopic (exact) mass is 236 g/mol. The molecular weight excluding hydrogens is 212 g/mol. The molecule has 0 saturated heterocycles. The van der Waals surface area contributed by atoms with Crippen molar-refractivity contribution < 1.29 is 9.84 Å². The van der Waals surface area contributed by atoms with Crippen LogP contribution in [0.3, 0.4) is 0 Å². The van der Waals surface area contributed by atoms with Gasteiger partial charge in [-0.3, -0.25) is 0 Å². The van der Waals surface area contributed by atoms with Crippen LogP contribution in [0, 0.1) is 6.92 Å². The number of aryl methyl sites for hydroxylation is 2. The summed E-state index contributed by atoms with van der Waals surface area (Å²) in [5.74, 6) is 0.951. The fourth-order valence-electron chi connectivity index (χ4n) is 1.70. The number of rotatable bonds is 5. The van der Waals surface area contributed by atoms with Gasteiger partial charge in [-0.05, 0) is 64.7 Å². The molecule has 0 bridgehead atoms. The van der Waals surface area contributed by atoms with Gasteiger partial charge in [-0.1, -0.05) is 12.1 Å². The summed E-state index contributed by atoms with van der Waals surface area (Å²) in [6.07, 6.45) is 1.87. The van der Waals surface area contributed by atoms with E-state index in [0.717, 1.165) is 24.2 Å². The van der Waals surface area contributed by atoms with Crippen LogP contribution in [0.4, 0.5) is 0 Å². The van der Waals surface area contributed by atoms with Crippen LogP contribution in [-0.4, -0.2) is 16.8 Å². The Labute approximate surface area is 105 Å². The lowest BCUT2D eigenvalue weighted by Crippen LogP contribution is -2.19. The fraction of sp³-hybridized carbons (Fsp3) is 0.600. The highest BCUT2D eigenvalue weighted by molar-refractivity contribution is 5.36. The number of aliphatic hydroxyl groups is 1. The zero-order valence-corrected chi connectivity index (χ0v) is 11.6. The first-order chi connectivity index (χ1) is 7.78. The van der Waals surface area contributed by atoms with E-state index in [1.165, 1.54) is 5.56 Å². The van der Waals surface area contributed by atoms with Gasteiger partial charge in [-0.25, -0.2) is 0 Å². The highest BCUT2D eigenvalue weighted by Gasteiger charge is 2.12. The van der Waals surface area contributed by atoms with E-state index in [4.69, 9.17) is 4.74 Å². The zero-order valence-electron chi connectivity index (χ0n) is 11.6. The molecule has 0 spiro atoms. The molecule has 0 saturated carbocycles. The molecule has 0 aliphatic rings. The molecule has 0 atom stereocenters. The Kier molecular flexibility index (Phi) is 4.58. The Morgan fingerprint density at radius 1 is 1.29 bits per heavy atom. The smallest absolute Gasteiger partial charge is 0.122 e. The van der Waals surface area contributed by atoms with Gasteiger partial charge in [0.05, 0.1) is 11.7 Å². The van der Waals surface area contributed by atoms with E-state index in [1.807, 2.05) is 33.8 Å². The summed E-state index contributed by atoms with van der Waals surface area (Å²) < 4.78 is 5.70. The lowest BCUT2D eigenvalue weighted by Gasteiger charge is -2.17. The molecule has 1 aromatic carbocycles. The number of benzene rings is 1. The summed E-state index contributed by atoms with van der Waals surface area (Å²) in [5, 5.41) is 9.70. The number of hydrogen-bond acceptors (Lipinski definition) is 2. The Morgan fingerprint density at radius 2 is 1.94 bits per heavy atom. The van der Waals surface area contributed by atoms with Crippen LogP contribution in [0.2, 0.25) is 0 Å². The van der Waals surface area contributed by atoms with Crippen molar-refractivity contribution in [3.8, 4) is 5.75 Å². The third kappa shape index (κ3) is 5.22. The molecule has 1 aromatic rings. The molecule has 0 aliphatic heterocycles. The molecule has 1 N–H and O–H groups in total. The third-order valence-corrected chi connectivity index (χ3v) is 2.63. The molecule has 0 unspecified atom stereocenters. The normalized spacial score (nSPS) is 11.9. The van der Waals surface area contributed by atoms with Gasteiger partial charge in [-0.15, -0.1) is 0 Å². The molecule has 96 valence electrons. The van der Waals surface area contributed by atoms with E-state index < -0.39 is 5.60 Å². The van der Waals surface area contributed by atoms with Gasteiger partial charge in [0.1, 0.15) is 5.75 Å². The highest BCUT2D eigenvalue weighted by atomic mass is 16.5. The second kappa shape index (κ2) is 5.54. The van der Waals surface area contributed by atoms with Crippen LogP contribution in [0.1, 0.15) is 45.2 Å². The molecule has 0 heterocycles. The summed E-state index contributed by atoms with van der Waals surface area (Å²) in [5.41, 5.74) is 1.81. The number of ether oxygens (including phenoxy) is 1. The lowest BCUT2D eigenvalue weighted by atomic mass is 9.98. The molecule has 0 amide bonds. The van der Waals surface area contributed by atoms with E-state index in [9.17, 15) is 5.11 Å². The molecule has 0 radical (unpaired) electrons. The third-order valence-electron chi connectivity index (χ3n) is 2.63. The standard InChI is InChI=1S/C15H24O2/c1-11(2)17-14-7-6-13(10-12(14)3)8-9-15(4,5)16/h6-7,10-11,16H,8-9H2,1-5H3. The maximum absolute atomic E-state index is 9.70. The van der Waals surface area contributed by atoms with Crippen LogP contribution >= 0.6 is 0 Å². The van der Waals surface area contributed by atoms with Crippen molar-refractivity contribution in [2.75, 3.05) is 0 Å². The van der Waals surface area contributed by atoms with Gasteiger partial charge in [0.25, 0.3) is 0 Å². The van der Waals surface area contributed by atoms with Crippen LogP contribution < -0.4 is 4.74 Å². The molecule has 0 fully saturated rings.